The van der Waals surface area contributed by atoms with Gasteiger partial charge in [-0.15, -0.1) is 12.4 Å². The summed E-state index contributed by atoms with van der Waals surface area (Å²) in [6, 6.07) is 11.3. The van der Waals surface area contributed by atoms with Gasteiger partial charge in [0.15, 0.2) is 0 Å². The molecular formula is C14H15ClFN. The summed E-state index contributed by atoms with van der Waals surface area (Å²) in [5.41, 5.74) is 7.19. The van der Waals surface area contributed by atoms with Crippen molar-refractivity contribution in [3.8, 4) is 0 Å². The lowest BCUT2D eigenvalue weighted by Crippen LogP contribution is -2.37. The van der Waals surface area contributed by atoms with E-state index in [1.54, 1.807) is 6.07 Å². The zero-order valence-electron chi connectivity index (χ0n) is 9.40. The van der Waals surface area contributed by atoms with E-state index in [0.29, 0.717) is 11.3 Å². The number of benzene rings is 2. The molecule has 17 heavy (non-hydrogen) atoms. The molecule has 3 rings (SSSR count). The summed E-state index contributed by atoms with van der Waals surface area (Å²) in [5.74, 6) is 0.262. The van der Waals surface area contributed by atoms with Crippen molar-refractivity contribution in [2.75, 3.05) is 0 Å². The van der Waals surface area contributed by atoms with Crippen LogP contribution in [0.3, 0.4) is 0 Å². The van der Waals surface area contributed by atoms with E-state index in [2.05, 4.69) is 6.07 Å². The van der Waals surface area contributed by atoms with Crippen LogP contribution in [-0.4, -0.2) is 6.04 Å². The third kappa shape index (κ3) is 1.92. The van der Waals surface area contributed by atoms with Crippen LogP contribution in [0.1, 0.15) is 24.3 Å². The summed E-state index contributed by atoms with van der Waals surface area (Å²) in [4.78, 5) is 0. The highest BCUT2D eigenvalue weighted by Gasteiger charge is 2.29. The normalized spacial score (nSPS) is 22.9. The Labute approximate surface area is 106 Å². The van der Waals surface area contributed by atoms with Gasteiger partial charge >= 0.3 is 0 Å². The number of nitrogens with two attached hydrogens (primary N) is 1. The van der Waals surface area contributed by atoms with Crippen molar-refractivity contribution in [3.05, 3.63) is 47.8 Å². The molecule has 0 aliphatic heterocycles. The van der Waals surface area contributed by atoms with Gasteiger partial charge in [0.1, 0.15) is 5.82 Å². The third-order valence-electron chi connectivity index (χ3n) is 3.63. The molecule has 2 aromatic carbocycles. The first-order valence-corrected chi connectivity index (χ1v) is 5.70. The van der Waals surface area contributed by atoms with Crippen LogP contribution < -0.4 is 5.73 Å². The van der Waals surface area contributed by atoms with E-state index in [4.69, 9.17) is 5.73 Å². The molecule has 0 saturated heterocycles. The highest BCUT2D eigenvalue weighted by molar-refractivity contribution is 5.87. The fraction of sp³-hybridized carbons (Fsp3) is 0.286. The Morgan fingerprint density at radius 2 is 1.71 bits per heavy atom. The molecule has 2 atom stereocenters. The number of fused-ring (bicyclic) bond motifs is 1. The van der Waals surface area contributed by atoms with Gasteiger partial charge in [-0.1, -0.05) is 30.3 Å². The summed E-state index contributed by atoms with van der Waals surface area (Å²) in [7, 11) is 0. The number of halogens is 2. The first-order chi connectivity index (χ1) is 7.77. The lowest BCUT2D eigenvalue weighted by molar-refractivity contribution is 0.348. The van der Waals surface area contributed by atoms with E-state index in [1.807, 2.05) is 18.2 Å². The fourth-order valence-corrected chi connectivity index (χ4v) is 2.53. The quantitative estimate of drug-likeness (QED) is 0.823. The Morgan fingerprint density at radius 3 is 2.35 bits per heavy atom. The summed E-state index contributed by atoms with van der Waals surface area (Å²) in [6.45, 7) is 0. The molecule has 90 valence electrons. The highest BCUT2D eigenvalue weighted by atomic mass is 35.5. The second-order valence-corrected chi connectivity index (χ2v) is 4.53. The number of hydrogen-bond acceptors (Lipinski definition) is 1. The Kier molecular flexibility index (Phi) is 3.36. The van der Waals surface area contributed by atoms with Gasteiger partial charge in [0.2, 0.25) is 0 Å². The molecule has 2 unspecified atom stereocenters. The summed E-state index contributed by atoms with van der Waals surface area (Å²) in [5, 5.41) is 1.72. The molecule has 0 aromatic heterocycles. The molecule has 0 bridgehead atoms. The van der Waals surface area contributed by atoms with Gasteiger partial charge in [-0.3, -0.25) is 0 Å². The minimum atomic E-state index is -0.146. The minimum absolute atomic E-state index is 0. The zero-order valence-corrected chi connectivity index (χ0v) is 10.2. The maximum Gasteiger partial charge on any atom is 0.131 e. The van der Waals surface area contributed by atoms with Gasteiger partial charge in [-0.2, -0.15) is 0 Å². The van der Waals surface area contributed by atoms with E-state index >= 15 is 0 Å². The van der Waals surface area contributed by atoms with Crippen molar-refractivity contribution in [2.45, 2.75) is 24.8 Å². The third-order valence-corrected chi connectivity index (χ3v) is 3.63. The van der Waals surface area contributed by atoms with E-state index in [-0.39, 0.29) is 24.3 Å². The van der Waals surface area contributed by atoms with Crippen molar-refractivity contribution < 1.29 is 4.39 Å². The lowest BCUT2D eigenvalue weighted by Gasteiger charge is -2.34. The van der Waals surface area contributed by atoms with Crippen LogP contribution in [-0.2, 0) is 0 Å². The van der Waals surface area contributed by atoms with Crippen molar-refractivity contribution in [1.82, 2.24) is 0 Å². The maximum atomic E-state index is 13.6. The fourth-order valence-electron chi connectivity index (χ4n) is 2.53. The van der Waals surface area contributed by atoms with Crippen molar-refractivity contribution in [2.24, 2.45) is 5.73 Å². The minimum Gasteiger partial charge on any atom is -0.327 e. The predicted octanol–water partition coefficient (Wildman–Crippen LogP) is 3.61. The van der Waals surface area contributed by atoms with Gasteiger partial charge in [-0.05, 0) is 35.8 Å². The van der Waals surface area contributed by atoms with Crippen LogP contribution in [0, 0.1) is 5.82 Å². The molecule has 3 heteroatoms. The van der Waals surface area contributed by atoms with Crippen LogP contribution in [0.2, 0.25) is 0 Å². The molecule has 1 nitrogen and oxygen atoms in total. The SMILES string of the molecule is Cl.NC1CCC1c1cccc2c(F)cccc12. The van der Waals surface area contributed by atoms with Crippen LogP contribution in [0.5, 0.6) is 0 Å². The van der Waals surface area contributed by atoms with Gasteiger partial charge in [0.25, 0.3) is 0 Å². The Balaban J connectivity index is 0.00000108. The van der Waals surface area contributed by atoms with E-state index in [9.17, 15) is 4.39 Å². The number of rotatable bonds is 1. The Hall–Kier alpha value is -1.12. The molecule has 1 fully saturated rings. The Bertz CT molecular complexity index is 541. The molecule has 1 saturated carbocycles. The monoisotopic (exact) mass is 251 g/mol. The lowest BCUT2D eigenvalue weighted by atomic mass is 9.74. The Morgan fingerprint density at radius 1 is 1.00 bits per heavy atom. The predicted molar refractivity (Wildman–Crippen MR) is 71.1 cm³/mol. The molecule has 2 N–H and O–H groups in total. The molecular weight excluding hydrogens is 237 g/mol. The van der Waals surface area contributed by atoms with Crippen LogP contribution in [0.15, 0.2) is 36.4 Å². The van der Waals surface area contributed by atoms with E-state index in [1.165, 1.54) is 11.6 Å². The molecule has 0 amide bonds. The van der Waals surface area contributed by atoms with Gasteiger partial charge in [0, 0.05) is 11.4 Å². The van der Waals surface area contributed by atoms with Crippen LogP contribution in [0.25, 0.3) is 10.8 Å². The molecule has 1 aliphatic rings. The van der Waals surface area contributed by atoms with Crippen molar-refractivity contribution >= 4 is 23.2 Å². The molecule has 0 heterocycles. The standard InChI is InChI=1S/C14H14FN.ClH/c15-13-6-2-4-9-10(3-1-5-11(9)13)12-7-8-14(12)16;/h1-6,12,14H,7-8,16H2;1H. The maximum absolute atomic E-state index is 13.6. The molecule has 2 aromatic rings. The van der Waals surface area contributed by atoms with Crippen LogP contribution in [0.4, 0.5) is 4.39 Å². The van der Waals surface area contributed by atoms with Gasteiger partial charge in [-0.25, -0.2) is 4.39 Å². The summed E-state index contributed by atoms with van der Waals surface area (Å²) in [6.07, 6.45) is 2.20. The van der Waals surface area contributed by atoms with Crippen LogP contribution >= 0.6 is 12.4 Å². The van der Waals surface area contributed by atoms with E-state index < -0.39 is 0 Å². The second-order valence-electron chi connectivity index (χ2n) is 4.53. The average molecular weight is 252 g/mol. The summed E-state index contributed by atoms with van der Waals surface area (Å²) < 4.78 is 13.6. The zero-order chi connectivity index (χ0) is 11.1. The average Bonchev–Trinajstić information content (AvgIpc) is 2.29. The smallest absolute Gasteiger partial charge is 0.131 e. The molecule has 0 spiro atoms. The first-order valence-electron chi connectivity index (χ1n) is 5.70. The van der Waals surface area contributed by atoms with Crippen molar-refractivity contribution in [1.29, 1.82) is 0 Å². The van der Waals surface area contributed by atoms with Gasteiger partial charge < -0.3 is 5.73 Å². The first kappa shape index (κ1) is 12.3. The highest BCUT2D eigenvalue weighted by Crippen LogP contribution is 2.39. The summed E-state index contributed by atoms with van der Waals surface area (Å²) >= 11 is 0. The van der Waals surface area contributed by atoms with Gasteiger partial charge in [0.05, 0.1) is 0 Å². The number of hydrogen-bond donors (Lipinski definition) is 1. The molecule has 0 radical (unpaired) electrons. The topological polar surface area (TPSA) is 26.0 Å². The second kappa shape index (κ2) is 4.63. The molecule has 1 aliphatic carbocycles. The van der Waals surface area contributed by atoms with Crippen molar-refractivity contribution in [3.63, 3.8) is 0 Å². The largest absolute Gasteiger partial charge is 0.327 e. The van der Waals surface area contributed by atoms with E-state index in [0.717, 1.165) is 18.2 Å².